The first-order valence-corrected chi connectivity index (χ1v) is 12.1. The molecule has 2 aliphatic heterocycles. The van der Waals surface area contributed by atoms with Gasteiger partial charge in [0.2, 0.25) is 15.9 Å². The van der Waals surface area contributed by atoms with Crippen LogP contribution in [0.1, 0.15) is 26.7 Å². The van der Waals surface area contributed by atoms with Gasteiger partial charge in [0.05, 0.1) is 21.2 Å². The maximum absolute atomic E-state index is 13.1. The zero-order valence-electron chi connectivity index (χ0n) is 18.7. The molecule has 1 saturated heterocycles. The van der Waals surface area contributed by atoms with E-state index in [9.17, 15) is 28.1 Å². The molecule has 11 nitrogen and oxygen atoms in total. The van der Waals surface area contributed by atoms with Crippen molar-refractivity contribution < 1.29 is 27.7 Å². The molecule has 0 aromatic heterocycles. The summed E-state index contributed by atoms with van der Waals surface area (Å²) in [5.41, 5.74) is -0.858. The van der Waals surface area contributed by atoms with Gasteiger partial charge in [0.25, 0.3) is 5.91 Å². The molecule has 2 aliphatic rings. The lowest BCUT2D eigenvalue weighted by atomic mass is 9.96. The van der Waals surface area contributed by atoms with Crippen LogP contribution in [0.15, 0.2) is 47.4 Å². The number of nitro groups is 1. The maximum Gasteiger partial charge on any atom is 0.312 e. The van der Waals surface area contributed by atoms with Crippen molar-refractivity contribution >= 4 is 38.9 Å². The van der Waals surface area contributed by atoms with Gasteiger partial charge in [-0.05, 0) is 51.0 Å². The number of ether oxygens (including phenoxy) is 1. The van der Waals surface area contributed by atoms with Gasteiger partial charge >= 0.3 is 5.69 Å². The lowest BCUT2D eigenvalue weighted by molar-refractivity contribution is -0.386. The number of fused-ring (bicyclic) bond motifs is 1. The average Bonchev–Trinajstić information content (AvgIpc) is 3.34. The third-order valence-electron chi connectivity index (χ3n) is 5.94. The molecular formula is C22H24N4O7S. The Hall–Kier alpha value is -3.51. The van der Waals surface area contributed by atoms with Gasteiger partial charge in [0, 0.05) is 19.2 Å². The van der Waals surface area contributed by atoms with Crippen LogP contribution in [0.4, 0.5) is 17.1 Å². The molecule has 2 heterocycles. The zero-order chi connectivity index (χ0) is 24.7. The third-order valence-corrected chi connectivity index (χ3v) is 7.83. The van der Waals surface area contributed by atoms with Crippen molar-refractivity contribution in [2.24, 2.45) is 0 Å². The number of amides is 2. The second kappa shape index (κ2) is 8.69. The monoisotopic (exact) mass is 488 g/mol. The molecule has 4 rings (SSSR count). The molecule has 0 saturated carbocycles. The Balaban J connectivity index is 1.59. The Bertz CT molecular complexity index is 1270. The first-order chi connectivity index (χ1) is 16.0. The number of benzene rings is 2. The number of carbonyl (C=O) groups is 2. The van der Waals surface area contributed by atoms with E-state index in [2.05, 4.69) is 5.32 Å². The van der Waals surface area contributed by atoms with Gasteiger partial charge in [-0.2, -0.15) is 4.31 Å². The van der Waals surface area contributed by atoms with Crippen LogP contribution < -0.4 is 15.0 Å². The normalized spacial score (nSPS) is 17.7. The summed E-state index contributed by atoms with van der Waals surface area (Å²) in [7, 11) is -3.86. The van der Waals surface area contributed by atoms with E-state index >= 15 is 0 Å². The van der Waals surface area contributed by atoms with E-state index in [1.165, 1.54) is 21.3 Å². The minimum Gasteiger partial charge on any atom is -0.477 e. The lowest BCUT2D eigenvalue weighted by Crippen LogP contribution is -2.59. The topological polar surface area (TPSA) is 139 Å². The highest BCUT2D eigenvalue weighted by molar-refractivity contribution is 7.89. The molecule has 2 amide bonds. The van der Waals surface area contributed by atoms with Crippen LogP contribution >= 0.6 is 0 Å². The molecule has 0 atom stereocenters. The Morgan fingerprint density at radius 1 is 1.18 bits per heavy atom. The van der Waals surface area contributed by atoms with Gasteiger partial charge in [-0.3, -0.25) is 24.6 Å². The fourth-order valence-corrected chi connectivity index (χ4v) is 5.64. The second-order valence-corrected chi connectivity index (χ2v) is 10.5. The number of nitrogens with one attached hydrogen (secondary N) is 1. The van der Waals surface area contributed by atoms with Gasteiger partial charge in [-0.1, -0.05) is 12.1 Å². The molecule has 0 aliphatic carbocycles. The summed E-state index contributed by atoms with van der Waals surface area (Å²) in [6, 6.07) is 10.1. The molecule has 2 aromatic carbocycles. The summed E-state index contributed by atoms with van der Waals surface area (Å²) >= 11 is 0. The summed E-state index contributed by atoms with van der Waals surface area (Å²) in [5.74, 6) is -1.22. The number of carbonyl (C=O) groups excluding carboxylic acids is 2. The molecule has 1 fully saturated rings. The van der Waals surface area contributed by atoms with Crippen LogP contribution in [-0.4, -0.2) is 54.7 Å². The maximum atomic E-state index is 13.1. The number of hydrogen-bond acceptors (Lipinski definition) is 7. The molecule has 0 unspecified atom stereocenters. The number of nitro benzene ring substituents is 1. The van der Waals surface area contributed by atoms with Crippen LogP contribution in [0.2, 0.25) is 0 Å². The van der Waals surface area contributed by atoms with Gasteiger partial charge < -0.3 is 10.1 Å². The van der Waals surface area contributed by atoms with Crippen molar-refractivity contribution in [1.29, 1.82) is 0 Å². The molecular weight excluding hydrogens is 464 g/mol. The summed E-state index contributed by atoms with van der Waals surface area (Å²) in [6.07, 6.45) is 1.47. The largest absolute Gasteiger partial charge is 0.477 e. The smallest absolute Gasteiger partial charge is 0.312 e. The molecule has 2 aromatic rings. The van der Waals surface area contributed by atoms with E-state index < -0.39 is 38.7 Å². The predicted molar refractivity (Wildman–Crippen MR) is 123 cm³/mol. The number of anilines is 2. The van der Waals surface area contributed by atoms with E-state index in [-0.39, 0.29) is 16.6 Å². The summed E-state index contributed by atoms with van der Waals surface area (Å²) < 4.78 is 32.3. The molecule has 12 heteroatoms. The van der Waals surface area contributed by atoms with Crippen LogP contribution in [0, 0.1) is 10.1 Å². The molecule has 34 heavy (non-hydrogen) atoms. The summed E-state index contributed by atoms with van der Waals surface area (Å²) in [4.78, 5) is 37.7. The van der Waals surface area contributed by atoms with Crippen molar-refractivity contribution in [2.45, 2.75) is 37.1 Å². The van der Waals surface area contributed by atoms with Gasteiger partial charge in [0.1, 0.15) is 5.54 Å². The van der Waals surface area contributed by atoms with Crippen LogP contribution in [-0.2, 0) is 19.6 Å². The Labute approximate surface area is 196 Å². The van der Waals surface area contributed by atoms with Crippen LogP contribution in [0.25, 0.3) is 0 Å². The van der Waals surface area contributed by atoms with E-state index in [0.717, 1.165) is 18.9 Å². The first kappa shape index (κ1) is 23.6. The SMILES string of the molecule is CC1(C)C(=O)Nc2ccccc2N1C(=O)COc1ccc(S(=O)(=O)N2CCCC2)cc1[N+](=O)[O-]. The minimum atomic E-state index is -3.86. The van der Waals surface area contributed by atoms with Crippen molar-refractivity contribution in [3.8, 4) is 5.75 Å². The number of sulfonamides is 1. The molecule has 1 N–H and O–H groups in total. The number of nitrogens with zero attached hydrogens (tertiary/aromatic N) is 3. The Kier molecular flexibility index (Phi) is 6.04. The Morgan fingerprint density at radius 3 is 2.53 bits per heavy atom. The molecule has 0 spiro atoms. The third kappa shape index (κ3) is 4.10. The Morgan fingerprint density at radius 2 is 1.85 bits per heavy atom. The van der Waals surface area contributed by atoms with Gasteiger partial charge in [-0.25, -0.2) is 8.42 Å². The van der Waals surface area contributed by atoms with Crippen molar-refractivity contribution in [1.82, 2.24) is 4.31 Å². The number of rotatable bonds is 6. The predicted octanol–water partition coefficient (Wildman–Crippen LogP) is 2.52. The van der Waals surface area contributed by atoms with E-state index in [0.29, 0.717) is 24.5 Å². The summed E-state index contributed by atoms with van der Waals surface area (Å²) in [6.45, 7) is 3.30. The highest BCUT2D eigenvalue weighted by Crippen LogP contribution is 2.37. The van der Waals surface area contributed by atoms with Gasteiger partial charge in [-0.15, -0.1) is 0 Å². The van der Waals surface area contributed by atoms with E-state index in [4.69, 9.17) is 4.74 Å². The first-order valence-electron chi connectivity index (χ1n) is 10.7. The highest BCUT2D eigenvalue weighted by Gasteiger charge is 2.43. The van der Waals surface area contributed by atoms with E-state index in [1.54, 1.807) is 38.1 Å². The lowest BCUT2D eigenvalue weighted by Gasteiger charge is -2.41. The standard InChI is InChI=1S/C22H24N4O7S/c1-22(2)21(28)23-16-7-3-4-8-17(16)25(22)20(27)14-33-19-10-9-15(13-18(19)26(29)30)34(31,32)24-11-5-6-12-24/h3-4,7-10,13H,5-6,11-12,14H2,1-2H3,(H,23,28). The fraction of sp³-hybridized carbons (Fsp3) is 0.364. The zero-order valence-corrected chi connectivity index (χ0v) is 19.5. The number of para-hydroxylation sites is 2. The second-order valence-electron chi connectivity index (χ2n) is 8.55. The summed E-state index contributed by atoms with van der Waals surface area (Å²) in [5, 5.41) is 14.4. The quantitative estimate of drug-likeness (QED) is 0.487. The minimum absolute atomic E-state index is 0.206. The van der Waals surface area contributed by atoms with Crippen molar-refractivity contribution in [2.75, 3.05) is 29.9 Å². The number of hydrogen-bond donors (Lipinski definition) is 1. The molecule has 0 bridgehead atoms. The highest BCUT2D eigenvalue weighted by atomic mass is 32.2. The van der Waals surface area contributed by atoms with Crippen LogP contribution in [0.5, 0.6) is 5.75 Å². The van der Waals surface area contributed by atoms with Crippen LogP contribution in [0.3, 0.4) is 0 Å². The average molecular weight is 489 g/mol. The van der Waals surface area contributed by atoms with Crippen molar-refractivity contribution in [3.63, 3.8) is 0 Å². The van der Waals surface area contributed by atoms with Crippen molar-refractivity contribution in [3.05, 3.63) is 52.6 Å². The van der Waals surface area contributed by atoms with Gasteiger partial charge in [0.15, 0.2) is 12.4 Å². The van der Waals surface area contributed by atoms with E-state index in [1.807, 2.05) is 0 Å². The molecule has 180 valence electrons. The molecule has 0 radical (unpaired) electrons. The fourth-order valence-electron chi connectivity index (χ4n) is 4.10.